The van der Waals surface area contributed by atoms with Gasteiger partial charge in [0.05, 0.1) is 16.7 Å². The van der Waals surface area contributed by atoms with Crippen molar-refractivity contribution in [2.24, 2.45) is 5.92 Å². The maximum absolute atomic E-state index is 13.5. The number of carbonyl (C=O) groups excluding carboxylic acids is 1. The maximum atomic E-state index is 13.5. The molecular weight excluding hydrogens is 509 g/mol. The summed E-state index contributed by atoms with van der Waals surface area (Å²) >= 11 is 4.15. The highest BCUT2D eigenvalue weighted by molar-refractivity contribution is 7.99. The summed E-state index contributed by atoms with van der Waals surface area (Å²) in [4.78, 5) is 32.9. The van der Waals surface area contributed by atoms with E-state index in [9.17, 15) is 14.9 Å². The Morgan fingerprint density at radius 2 is 2.19 bits per heavy atom. The van der Waals surface area contributed by atoms with Gasteiger partial charge in [0.2, 0.25) is 5.91 Å². The third kappa shape index (κ3) is 4.64. The number of amides is 1. The van der Waals surface area contributed by atoms with Crippen LogP contribution in [0.3, 0.4) is 0 Å². The lowest BCUT2D eigenvalue weighted by atomic mass is 9.89. The minimum Gasteiger partial charge on any atom is -0.316 e. The summed E-state index contributed by atoms with van der Waals surface area (Å²) in [5.41, 5.74) is 3.36. The second-order valence-corrected chi connectivity index (χ2v) is 11.7. The molecule has 4 aromatic rings. The zero-order valence-corrected chi connectivity index (χ0v) is 22.2. The van der Waals surface area contributed by atoms with Crippen LogP contribution in [0, 0.1) is 17.2 Å². The minimum absolute atomic E-state index is 0.0792. The Kier molecular flexibility index (Phi) is 7.10. The molecule has 1 N–H and O–H groups in total. The molecule has 6 nitrogen and oxygen atoms in total. The summed E-state index contributed by atoms with van der Waals surface area (Å²) in [5, 5.41) is 16.3. The average molecular weight is 533 g/mol. The molecule has 0 spiro atoms. The van der Waals surface area contributed by atoms with Crippen LogP contribution in [0.1, 0.15) is 29.3 Å². The molecule has 0 aliphatic heterocycles. The molecule has 1 atom stereocenters. The maximum Gasteiger partial charge on any atom is 0.263 e. The van der Waals surface area contributed by atoms with E-state index < -0.39 is 0 Å². The molecule has 1 aliphatic rings. The molecule has 0 bridgehead atoms. The Bertz CT molecular complexity index is 1560. The van der Waals surface area contributed by atoms with Gasteiger partial charge in [-0.1, -0.05) is 55.1 Å². The van der Waals surface area contributed by atoms with E-state index in [4.69, 9.17) is 4.98 Å². The van der Waals surface area contributed by atoms with Crippen molar-refractivity contribution in [1.29, 1.82) is 5.26 Å². The van der Waals surface area contributed by atoms with Gasteiger partial charge in [-0.05, 0) is 36.3 Å². The number of nitriles is 1. The molecule has 3 heterocycles. The Hall–Kier alpha value is -3.19. The van der Waals surface area contributed by atoms with Crippen LogP contribution in [-0.2, 0) is 24.2 Å². The van der Waals surface area contributed by atoms with Crippen molar-refractivity contribution in [1.82, 2.24) is 9.55 Å². The summed E-state index contributed by atoms with van der Waals surface area (Å²) in [6.07, 6.45) is 4.54. The summed E-state index contributed by atoms with van der Waals surface area (Å²) in [6, 6.07) is 12.1. The van der Waals surface area contributed by atoms with Crippen molar-refractivity contribution in [3.05, 3.63) is 74.7 Å². The van der Waals surface area contributed by atoms with Crippen LogP contribution in [0.4, 0.5) is 5.00 Å². The fourth-order valence-corrected chi connectivity index (χ4v) is 7.66. The summed E-state index contributed by atoms with van der Waals surface area (Å²) in [5.74, 6) is 0.443. The van der Waals surface area contributed by atoms with E-state index in [1.54, 1.807) is 10.6 Å². The van der Waals surface area contributed by atoms with Crippen LogP contribution in [0.25, 0.3) is 21.3 Å². The molecule has 3 aromatic heterocycles. The fraction of sp³-hybridized carbons (Fsp3) is 0.259. The molecule has 9 heteroatoms. The average Bonchev–Trinajstić information content (AvgIpc) is 3.45. The van der Waals surface area contributed by atoms with Gasteiger partial charge in [-0.15, -0.1) is 29.3 Å². The number of fused-ring (bicyclic) bond motifs is 2. The number of thioether (sulfide) groups is 1. The first kappa shape index (κ1) is 24.5. The third-order valence-electron chi connectivity index (χ3n) is 6.26. The summed E-state index contributed by atoms with van der Waals surface area (Å²) in [7, 11) is 0. The predicted molar refractivity (Wildman–Crippen MR) is 149 cm³/mol. The van der Waals surface area contributed by atoms with Gasteiger partial charge in [-0.2, -0.15) is 5.26 Å². The largest absolute Gasteiger partial charge is 0.316 e. The minimum atomic E-state index is -0.223. The Morgan fingerprint density at radius 3 is 2.94 bits per heavy atom. The molecule has 36 heavy (non-hydrogen) atoms. The summed E-state index contributed by atoms with van der Waals surface area (Å²) < 4.78 is 1.57. The highest BCUT2D eigenvalue weighted by Crippen LogP contribution is 2.39. The van der Waals surface area contributed by atoms with E-state index in [-0.39, 0.29) is 17.2 Å². The molecule has 5 rings (SSSR count). The fourth-order valence-electron chi connectivity index (χ4n) is 4.49. The van der Waals surface area contributed by atoms with E-state index in [0.29, 0.717) is 38.4 Å². The quantitative estimate of drug-likeness (QED) is 0.177. The molecule has 0 unspecified atom stereocenters. The number of rotatable bonds is 7. The van der Waals surface area contributed by atoms with Crippen molar-refractivity contribution in [3.8, 4) is 17.2 Å². The Balaban J connectivity index is 1.40. The van der Waals surface area contributed by atoms with Crippen molar-refractivity contribution in [2.75, 3.05) is 11.1 Å². The van der Waals surface area contributed by atoms with Gasteiger partial charge >= 0.3 is 0 Å². The molecule has 1 aliphatic carbocycles. The monoisotopic (exact) mass is 532 g/mol. The molecule has 1 aromatic carbocycles. The first-order valence-electron chi connectivity index (χ1n) is 11.7. The topological polar surface area (TPSA) is 87.8 Å². The molecule has 0 radical (unpaired) electrons. The second-order valence-electron chi connectivity index (χ2n) is 8.80. The number of anilines is 1. The standard InChI is InChI=1S/C27H24N4O2S3/c1-3-11-31-26(33)23-20(17-7-5-4-6-8-17)14-34-25(23)30-27(31)35-15-22(32)29-24-19(13-28)18-10-9-16(2)12-21(18)36-24/h3-8,14,16H,1,9-12,15H2,2H3,(H,29,32)/t16-/m1/s1. The summed E-state index contributed by atoms with van der Waals surface area (Å²) in [6.45, 7) is 6.30. The lowest BCUT2D eigenvalue weighted by Crippen LogP contribution is -2.23. The number of hydrogen-bond donors (Lipinski definition) is 1. The SMILES string of the molecule is C=CCn1c(SCC(=O)Nc2sc3c(c2C#N)CC[C@@H](C)C3)nc2scc(-c3ccccc3)c2c1=O. The number of thiophene rings is 2. The molecule has 1 amide bonds. The molecule has 182 valence electrons. The number of aromatic nitrogens is 2. The van der Waals surface area contributed by atoms with Crippen molar-refractivity contribution < 1.29 is 4.79 Å². The second kappa shape index (κ2) is 10.4. The van der Waals surface area contributed by atoms with E-state index >= 15 is 0 Å². The highest BCUT2D eigenvalue weighted by Gasteiger charge is 2.25. The first-order valence-corrected chi connectivity index (χ1v) is 14.3. The van der Waals surface area contributed by atoms with Crippen LogP contribution in [0.5, 0.6) is 0 Å². The van der Waals surface area contributed by atoms with Crippen molar-refractivity contribution >= 4 is 55.6 Å². The number of allylic oxidation sites excluding steroid dienone is 1. The van der Waals surface area contributed by atoms with Crippen molar-refractivity contribution in [3.63, 3.8) is 0 Å². The van der Waals surface area contributed by atoms with Gasteiger partial charge in [0, 0.05) is 22.4 Å². The van der Waals surface area contributed by atoms with Gasteiger partial charge in [0.15, 0.2) is 5.16 Å². The van der Waals surface area contributed by atoms with Gasteiger partial charge in [-0.3, -0.25) is 14.2 Å². The lowest BCUT2D eigenvalue weighted by Gasteiger charge is -2.17. The van der Waals surface area contributed by atoms with E-state index in [1.807, 2.05) is 35.7 Å². The number of nitrogens with one attached hydrogen (secondary N) is 1. The molecule has 0 fully saturated rings. The van der Waals surface area contributed by atoms with Crippen LogP contribution >= 0.6 is 34.4 Å². The number of carbonyl (C=O) groups is 1. The zero-order chi connectivity index (χ0) is 25.2. The van der Waals surface area contributed by atoms with E-state index in [0.717, 1.165) is 36.0 Å². The molecule has 0 saturated carbocycles. The number of hydrogen-bond acceptors (Lipinski definition) is 7. The van der Waals surface area contributed by atoms with Crippen LogP contribution in [-0.4, -0.2) is 21.2 Å². The normalized spacial score (nSPS) is 14.8. The third-order valence-corrected chi connectivity index (χ3v) is 9.28. The zero-order valence-electron chi connectivity index (χ0n) is 19.7. The predicted octanol–water partition coefficient (Wildman–Crippen LogP) is 6.10. The molecular formula is C27H24N4O2S3. The number of nitrogens with zero attached hydrogens (tertiary/aromatic N) is 3. The van der Waals surface area contributed by atoms with Gasteiger partial charge < -0.3 is 5.32 Å². The van der Waals surface area contributed by atoms with Gasteiger partial charge in [0.1, 0.15) is 15.9 Å². The smallest absolute Gasteiger partial charge is 0.263 e. The van der Waals surface area contributed by atoms with Crippen molar-refractivity contribution in [2.45, 2.75) is 37.9 Å². The van der Waals surface area contributed by atoms with Gasteiger partial charge in [-0.25, -0.2) is 4.98 Å². The van der Waals surface area contributed by atoms with E-state index in [2.05, 4.69) is 24.9 Å². The first-order chi connectivity index (χ1) is 17.5. The van der Waals surface area contributed by atoms with Crippen LogP contribution in [0.15, 0.2) is 58.3 Å². The van der Waals surface area contributed by atoms with Gasteiger partial charge in [0.25, 0.3) is 5.56 Å². The lowest BCUT2D eigenvalue weighted by molar-refractivity contribution is -0.113. The Labute approximate surface area is 221 Å². The van der Waals surface area contributed by atoms with Crippen LogP contribution < -0.4 is 10.9 Å². The van der Waals surface area contributed by atoms with Crippen LogP contribution in [0.2, 0.25) is 0 Å². The Morgan fingerprint density at radius 1 is 1.39 bits per heavy atom. The molecule has 0 saturated heterocycles. The highest BCUT2D eigenvalue weighted by atomic mass is 32.2. The van der Waals surface area contributed by atoms with E-state index in [1.165, 1.54) is 39.3 Å². The number of benzene rings is 1.